The van der Waals surface area contributed by atoms with Gasteiger partial charge in [0.15, 0.2) is 0 Å². The molecule has 1 aromatic heterocycles. The van der Waals surface area contributed by atoms with Crippen LogP contribution < -0.4 is 11.1 Å². The molecule has 1 heterocycles. The van der Waals surface area contributed by atoms with Gasteiger partial charge in [-0.25, -0.2) is 14.8 Å². The van der Waals surface area contributed by atoms with Crippen molar-refractivity contribution in [2.45, 2.75) is 20.4 Å². The van der Waals surface area contributed by atoms with Crippen molar-refractivity contribution in [2.24, 2.45) is 0 Å². The number of aromatic carboxylic acids is 1. The maximum Gasteiger partial charge on any atom is 0.337 e. The Morgan fingerprint density at radius 2 is 2.15 bits per heavy atom. The van der Waals surface area contributed by atoms with Gasteiger partial charge >= 0.3 is 5.97 Å². The van der Waals surface area contributed by atoms with Crippen LogP contribution in [-0.4, -0.2) is 21.0 Å². The zero-order valence-electron chi connectivity index (χ0n) is 11.3. The molecule has 0 amide bonds. The number of nitrogen functional groups attached to an aromatic ring is 1. The molecule has 0 aliphatic rings. The van der Waals surface area contributed by atoms with E-state index in [1.54, 1.807) is 13.1 Å². The smallest absolute Gasteiger partial charge is 0.337 e. The molecule has 2 aromatic rings. The van der Waals surface area contributed by atoms with E-state index in [1.165, 1.54) is 6.07 Å². The van der Waals surface area contributed by atoms with Crippen molar-refractivity contribution < 1.29 is 9.90 Å². The topological polar surface area (TPSA) is 101 Å². The van der Waals surface area contributed by atoms with Crippen LogP contribution in [0.4, 0.5) is 11.4 Å². The Kier molecular flexibility index (Phi) is 3.84. The lowest BCUT2D eigenvalue weighted by Gasteiger charge is -2.11. The van der Waals surface area contributed by atoms with Crippen LogP contribution in [0.3, 0.4) is 0 Å². The molecular weight excluding hydrogens is 256 g/mol. The van der Waals surface area contributed by atoms with E-state index in [0.29, 0.717) is 23.7 Å². The fraction of sp³-hybridized carbons (Fsp3) is 0.214. The first-order valence-electron chi connectivity index (χ1n) is 6.13. The SMILES string of the molecule is Cc1nccc(CNc2cc(C)c(N)c(C(=O)O)c2)n1. The second-order valence-electron chi connectivity index (χ2n) is 4.51. The van der Waals surface area contributed by atoms with Crippen molar-refractivity contribution in [2.75, 3.05) is 11.1 Å². The molecule has 0 spiro atoms. The lowest BCUT2D eigenvalue weighted by molar-refractivity contribution is 0.0698. The molecule has 6 nitrogen and oxygen atoms in total. The highest BCUT2D eigenvalue weighted by Crippen LogP contribution is 2.23. The van der Waals surface area contributed by atoms with Gasteiger partial charge in [-0.05, 0) is 37.6 Å². The second kappa shape index (κ2) is 5.56. The highest BCUT2D eigenvalue weighted by molar-refractivity contribution is 5.95. The minimum Gasteiger partial charge on any atom is -0.478 e. The molecule has 0 saturated carbocycles. The summed E-state index contributed by atoms with van der Waals surface area (Å²) in [4.78, 5) is 19.4. The number of nitrogens with two attached hydrogens (primary N) is 1. The number of carboxylic acids is 1. The van der Waals surface area contributed by atoms with Gasteiger partial charge in [0, 0.05) is 17.6 Å². The van der Waals surface area contributed by atoms with Gasteiger partial charge in [0.1, 0.15) is 5.82 Å². The summed E-state index contributed by atoms with van der Waals surface area (Å²) in [5.74, 6) is -0.337. The Bertz CT molecular complexity index is 656. The van der Waals surface area contributed by atoms with Gasteiger partial charge in [0.2, 0.25) is 0 Å². The van der Waals surface area contributed by atoms with Crippen LogP contribution in [0.5, 0.6) is 0 Å². The zero-order chi connectivity index (χ0) is 14.7. The molecular formula is C14H16N4O2. The van der Waals surface area contributed by atoms with Crippen molar-refractivity contribution in [1.29, 1.82) is 0 Å². The number of anilines is 2. The van der Waals surface area contributed by atoms with E-state index in [-0.39, 0.29) is 5.56 Å². The van der Waals surface area contributed by atoms with Crippen LogP contribution in [0.1, 0.15) is 27.4 Å². The number of carbonyl (C=O) groups is 1. The van der Waals surface area contributed by atoms with Crippen molar-refractivity contribution >= 4 is 17.3 Å². The molecule has 0 bridgehead atoms. The predicted octanol–water partition coefficient (Wildman–Crippen LogP) is 1.99. The normalized spacial score (nSPS) is 10.3. The first-order chi connectivity index (χ1) is 9.47. The summed E-state index contributed by atoms with van der Waals surface area (Å²) in [7, 11) is 0. The molecule has 0 aliphatic heterocycles. The van der Waals surface area contributed by atoms with Crippen LogP contribution in [0, 0.1) is 13.8 Å². The predicted molar refractivity (Wildman–Crippen MR) is 76.6 cm³/mol. The first-order valence-corrected chi connectivity index (χ1v) is 6.13. The van der Waals surface area contributed by atoms with E-state index >= 15 is 0 Å². The third-order valence-corrected chi connectivity index (χ3v) is 2.92. The average molecular weight is 272 g/mol. The molecule has 0 radical (unpaired) electrons. The van der Waals surface area contributed by atoms with Gasteiger partial charge in [0.25, 0.3) is 0 Å². The van der Waals surface area contributed by atoms with Gasteiger partial charge < -0.3 is 16.2 Å². The number of hydrogen-bond acceptors (Lipinski definition) is 5. The number of rotatable bonds is 4. The fourth-order valence-electron chi connectivity index (χ4n) is 1.87. The van der Waals surface area contributed by atoms with Crippen molar-refractivity contribution in [3.63, 3.8) is 0 Å². The third-order valence-electron chi connectivity index (χ3n) is 2.92. The fourth-order valence-corrected chi connectivity index (χ4v) is 1.87. The lowest BCUT2D eigenvalue weighted by atomic mass is 10.1. The number of carboxylic acid groups (broad SMARTS) is 1. The highest BCUT2D eigenvalue weighted by Gasteiger charge is 2.11. The number of nitrogens with one attached hydrogen (secondary N) is 1. The summed E-state index contributed by atoms with van der Waals surface area (Å²) < 4.78 is 0. The Balaban J connectivity index is 2.20. The van der Waals surface area contributed by atoms with Gasteiger partial charge in [-0.3, -0.25) is 0 Å². The summed E-state index contributed by atoms with van der Waals surface area (Å²) >= 11 is 0. The first kappa shape index (κ1) is 13.8. The van der Waals surface area contributed by atoms with Crippen LogP contribution >= 0.6 is 0 Å². The van der Waals surface area contributed by atoms with Crippen LogP contribution in [0.15, 0.2) is 24.4 Å². The van der Waals surface area contributed by atoms with Crippen LogP contribution in [-0.2, 0) is 6.54 Å². The van der Waals surface area contributed by atoms with Gasteiger partial charge in [-0.2, -0.15) is 0 Å². The van der Waals surface area contributed by atoms with Crippen LogP contribution in [0.2, 0.25) is 0 Å². The minimum atomic E-state index is -1.04. The van der Waals surface area contributed by atoms with E-state index in [2.05, 4.69) is 15.3 Å². The quantitative estimate of drug-likeness (QED) is 0.736. The Hall–Kier alpha value is -2.63. The number of benzene rings is 1. The molecule has 1 aromatic carbocycles. The monoisotopic (exact) mass is 272 g/mol. The lowest BCUT2D eigenvalue weighted by Crippen LogP contribution is -2.08. The summed E-state index contributed by atoms with van der Waals surface area (Å²) in [6.07, 6.45) is 1.69. The Morgan fingerprint density at radius 3 is 2.80 bits per heavy atom. The minimum absolute atomic E-state index is 0.103. The number of aryl methyl sites for hydroxylation is 2. The van der Waals surface area contributed by atoms with E-state index in [9.17, 15) is 4.79 Å². The van der Waals surface area contributed by atoms with Crippen molar-refractivity contribution in [1.82, 2.24) is 9.97 Å². The number of aromatic nitrogens is 2. The van der Waals surface area contributed by atoms with Gasteiger partial charge in [-0.15, -0.1) is 0 Å². The number of hydrogen-bond donors (Lipinski definition) is 3. The van der Waals surface area contributed by atoms with Crippen molar-refractivity contribution in [3.8, 4) is 0 Å². The average Bonchev–Trinajstić information content (AvgIpc) is 2.39. The molecule has 0 unspecified atom stereocenters. The Morgan fingerprint density at radius 1 is 1.40 bits per heavy atom. The molecule has 0 atom stereocenters. The summed E-state index contributed by atoms with van der Waals surface area (Å²) in [5.41, 5.74) is 8.41. The molecule has 0 fully saturated rings. The summed E-state index contributed by atoms with van der Waals surface area (Å²) in [5, 5.41) is 12.3. The third kappa shape index (κ3) is 3.03. The molecule has 104 valence electrons. The summed E-state index contributed by atoms with van der Waals surface area (Å²) in [6, 6.07) is 5.15. The van der Waals surface area contributed by atoms with Gasteiger partial charge in [0.05, 0.1) is 17.8 Å². The molecule has 0 saturated heterocycles. The largest absolute Gasteiger partial charge is 0.478 e. The van der Waals surface area contributed by atoms with Crippen molar-refractivity contribution in [3.05, 3.63) is 47.0 Å². The highest BCUT2D eigenvalue weighted by atomic mass is 16.4. The second-order valence-corrected chi connectivity index (χ2v) is 4.51. The maximum atomic E-state index is 11.1. The Labute approximate surface area is 116 Å². The van der Waals surface area contributed by atoms with E-state index < -0.39 is 5.97 Å². The zero-order valence-corrected chi connectivity index (χ0v) is 11.3. The molecule has 20 heavy (non-hydrogen) atoms. The molecule has 4 N–H and O–H groups in total. The standard InChI is InChI=1S/C14H16N4O2/c1-8-5-11(6-12(13(8)15)14(19)20)17-7-10-3-4-16-9(2)18-10/h3-6,17H,7,15H2,1-2H3,(H,19,20). The van der Waals surface area contributed by atoms with E-state index in [1.807, 2.05) is 19.1 Å². The van der Waals surface area contributed by atoms with E-state index in [0.717, 1.165) is 11.3 Å². The van der Waals surface area contributed by atoms with Gasteiger partial charge in [-0.1, -0.05) is 0 Å². The molecule has 6 heteroatoms. The summed E-state index contributed by atoms with van der Waals surface area (Å²) in [6.45, 7) is 4.09. The molecule has 0 aliphatic carbocycles. The van der Waals surface area contributed by atoms with Crippen LogP contribution in [0.25, 0.3) is 0 Å². The molecule has 2 rings (SSSR count). The maximum absolute atomic E-state index is 11.1. The number of nitrogens with zero attached hydrogens (tertiary/aromatic N) is 2. The van der Waals surface area contributed by atoms with E-state index in [4.69, 9.17) is 10.8 Å².